The number of halogens is 2. The number of hydrogen-bond donors (Lipinski definition) is 1. The molecule has 0 saturated carbocycles. The van der Waals surface area contributed by atoms with Crippen LogP contribution >= 0.6 is 11.8 Å². The van der Waals surface area contributed by atoms with Gasteiger partial charge < -0.3 is 5.32 Å². The highest BCUT2D eigenvalue weighted by molar-refractivity contribution is 7.99. The fourth-order valence-corrected chi connectivity index (χ4v) is 3.92. The summed E-state index contributed by atoms with van der Waals surface area (Å²) in [6.45, 7) is 0.334. The van der Waals surface area contributed by atoms with Crippen LogP contribution in [0.3, 0.4) is 0 Å². The number of nitro benzene ring substituents is 1. The summed E-state index contributed by atoms with van der Waals surface area (Å²) in [6.07, 6.45) is 0. The molecule has 0 atom stereocenters. The molecule has 0 saturated heterocycles. The van der Waals surface area contributed by atoms with Crippen molar-refractivity contribution in [2.75, 3.05) is 11.1 Å². The van der Waals surface area contributed by atoms with Crippen LogP contribution < -0.4 is 5.32 Å². The molecule has 0 radical (unpaired) electrons. The third-order valence-electron chi connectivity index (χ3n) is 4.78. The lowest BCUT2D eigenvalue weighted by atomic mass is 10.2. The summed E-state index contributed by atoms with van der Waals surface area (Å²) in [6, 6.07) is 18.5. The number of carbonyl (C=O) groups excluding carboxylic acids is 1. The zero-order valence-electron chi connectivity index (χ0n) is 17.5. The van der Waals surface area contributed by atoms with Crippen LogP contribution in [0.2, 0.25) is 0 Å². The highest BCUT2D eigenvalue weighted by atomic mass is 32.2. The van der Waals surface area contributed by atoms with Crippen molar-refractivity contribution < 1.29 is 18.5 Å². The van der Waals surface area contributed by atoms with Gasteiger partial charge in [0.05, 0.1) is 28.5 Å². The molecule has 1 N–H and O–H groups in total. The Morgan fingerprint density at radius 3 is 2.47 bits per heavy atom. The van der Waals surface area contributed by atoms with E-state index in [1.54, 1.807) is 22.8 Å². The van der Waals surface area contributed by atoms with Gasteiger partial charge in [-0.05, 0) is 23.8 Å². The molecule has 0 bridgehead atoms. The fourth-order valence-electron chi connectivity index (χ4n) is 3.18. The highest BCUT2D eigenvalue weighted by Gasteiger charge is 2.19. The van der Waals surface area contributed by atoms with Crippen LogP contribution in [0.15, 0.2) is 78.0 Å². The van der Waals surface area contributed by atoms with Gasteiger partial charge in [0.1, 0.15) is 11.6 Å². The first kappa shape index (κ1) is 23.1. The zero-order valence-corrected chi connectivity index (χ0v) is 18.3. The summed E-state index contributed by atoms with van der Waals surface area (Å²) in [5.41, 5.74) is 0.546. The number of nitro groups is 1. The maximum Gasteiger partial charge on any atom is 0.271 e. The number of carbonyl (C=O) groups is 1. The molecule has 3 aromatic carbocycles. The molecule has 172 valence electrons. The normalized spacial score (nSPS) is 10.8. The molecule has 4 rings (SSSR count). The molecular weight excluding hydrogens is 464 g/mol. The van der Waals surface area contributed by atoms with Gasteiger partial charge in [0.15, 0.2) is 11.0 Å². The molecule has 11 heteroatoms. The van der Waals surface area contributed by atoms with E-state index < -0.39 is 22.5 Å². The standard InChI is InChI=1S/C23H17F2N5O3S/c24-18-9-5-4-8-17(18)22-27-28-23(29(22)13-15-6-2-1-3-7-15)34-14-21(31)26-20-12-16(30(32)33)10-11-19(20)25/h1-12H,13-14H2,(H,26,31). The van der Waals surface area contributed by atoms with Gasteiger partial charge in [0.25, 0.3) is 5.69 Å². The largest absolute Gasteiger partial charge is 0.323 e. The molecule has 0 aliphatic carbocycles. The molecule has 34 heavy (non-hydrogen) atoms. The highest BCUT2D eigenvalue weighted by Crippen LogP contribution is 2.27. The Bertz CT molecular complexity index is 1350. The van der Waals surface area contributed by atoms with E-state index in [9.17, 15) is 23.7 Å². The van der Waals surface area contributed by atoms with Crippen LogP contribution in [0.4, 0.5) is 20.2 Å². The average Bonchev–Trinajstić information content (AvgIpc) is 3.22. The summed E-state index contributed by atoms with van der Waals surface area (Å²) in [5.74, 6) is -1.72. The Labute approximate surface area is 196 Å². The van der Waals surface area contributed by atoms with E-state index in [1.165, 1.54) is 6.07 Å². The summed E-state index contributed by atoms with van der Waals surface area (Å²) >= 11 is 1.03. The number of nitrogens with one attached hydrogen (secondary N) is 1. The summed E-state index contributed by atoms with van der Waals surface area (Å²) in [4.78, 5) is 22.7. The smallest absolute Gasteiger partial charge is 0.271 e. The molecule has 0 fully saturated rings. The van der Waals surface area contributed by atoms with E-state index in [1.807, 2.05) is 30.3 Å². The third kappa shape index (κ3) is 5.26. The van der Waals surface area contributed by atoms with E-state index >= 15 is 0 Å². The van der Waals surface area contributed by atoms with Crippen LogP contribution in [0.25, 0.3) is 11.4 Å². The van der Waals surface area contributed by atoms with Gasteiger partial charge in [0.2, 0.25) is 5.91 Å². The van der Waals surface area contributed by atoms with Gasteiger partial charge in [0, 0.05) is 12.1 Å². The van der Waals surface area contributed by atoms with Crippen LogP contribution in [0.5, 0.6) is 0 Å². The first-order valence-corrected chi connectivity index (χ1v) is 11.0. The predicted molar refractivity (Wildman–Crippen MR) is 123 cm³/mol. The third-order valence-corrected chi connectivity index (χ3v) is 5.75. The van der Waals surface area contributed by atoms with Crippen molar-refractivity contribution in [1.82, 2.24) is 14.8 Å². The number of benzene rings is 3. The van der Waals surface area contributed by atoms with Crippen LogP contribution in [-0.2, 0) is 11.3 Å². The molecule has 0 aliphatic rings. The van der Waals surface area contributed by atoms with Gasteiger partial charge >= 0.3 is 0 Å². The molecule has 0 spiro atoms. The first-order chi connectivity index (χ1) is 16.4. The minimum Gasteiger partial charge on any atom is -0.323 e. The lowest BCUT2D eigenvalue weighted by molar-refractivity contribution is -0.384. The molecule has 4 aromatic rings. The maximum atomic E-state index is 14.5. The second-order valence-corrected chi connectivity index (χ2v) is 8.06. The minimum atomic E-state index is -0.793. The topological polar surface area (TPSA) is 103 Å². The minimum absolute atomic E-state index is 0.174. The number of aromatic nitrogens is 3. The number of nitrogens with zero attached hydrogens (tertiary/aromatic N) is 4. The van der Waals surface area contributed by atoms with Crippen molar-refractivity contribution >= 4 is 29.0 Å². The van der Waals surface area contributed by atoms with Gasteiger partial charge in [-0.1, -0.05) is 54.2 Å². The monoisotopic (exact) mass is 481 g/mol. The Morgan fingerprint density at radius 2 is 1.74 bits per heavy atom. The molecule has 1 amide bonds. The molecule has 0 aliphatic heterocycles. The molecular formula is C23H17F2N5O3S. The lowest BCUT2D eigenvalue weighted by Gasteiger charge is -2.11. The lowest BCUT2D eigenvalue weighted by Crippen LogP contribution is -2.16. The quantitative estimate of drug-likeness (QED) is 0.218. The van der Waals surface area contributed by atoms with Crippen molar-refractivity contribution in [3.05, 3.63) is 100 Å². The number of anilines is 1. The van der Waals surface area contributed by atoms with Crippen LogP contribution in [0.1, 0.15) is 5.56 Å². The van der Waals surface area contributed by atoms with Crippen molar-refractivity contribution in [1.29, 1.82) is 0 Å². The Balaban J connectivity index is 1.56. The summed E-state index contributed by atoms with van der Waals surface area (Å²) in [7, 11) is 0. The fraction of sp³-hybridized carbons (Fsp3) is 0.0870. The van der Waals surface area contributed by atoms with Gasteiger partial charge in [-0.2, -0.15) is 0 Å². The first-order valence-electron chi connectivity index (χ1n) is 10.0. The number of non-ortho nitro benzene ring substituents is 1. The van der Waals surface area contributed by atoms with Crippen LogP contribution in [0, 0.1) is 21.7 Å². The zero-order chi connectivity index (χ0) is 24.1. The maximum absolute atomic E-state index is 14.5. The van der Waals surface area contributed by atoms with E-state index in [0.29, 0.717) is 17.5 Å². The van der Waals surface area contributed by atoms with Crippen molar-refractivity contribution in [3.63, 3.8) is 0 Å². The van der Waals surface area contributed by atoms with Gasteiger partial charge in [-0.3, -0.25) is 19.5 Å². The second kappa shape index (κ2) is 10.2. The van der Waals surface area contributed by atoms with Gasteiger partial charge in [-0.15, -0.1) is 10.2 Å². The average molecular weight is 481 g/mol. The Morgan fingerprint density at radius 1 is 1.00 bits per heavy atom. The molecule has 1 heterocycles. The number of rotatable bonds is 8. The van der Waals surface area contributed by atoms with E-state index in [0.717, 1.165) is 35.5 Å². The molecule has 0 unspecified atom stereocenters. The van der Waals surface area contributed by atoms with Crippen molar-refractivity contribution in [2.45, 2.75) is 11.7 Å². The molecule has 8 nitrogen and oxygen atoms in total. The SMILES string of the molecule is O=C(CSc1nnc(-c2ccccc2F)n1Cc1ccccc1)Nc1cc([N+](=O)[O-])ccc1F. The summed E-state index contributed by atoms with van der Waals surface area (Å²) in [5, 5.41) is 21.9. The summed E-state index contributed by atoms with van der Waals surface area (Å²) < 4.78 is 30.1. The van der Waals surface area contributed by atoms with Gasteiger partial charge in [-0.25, -0.2) is 8.78 Å². The number of thioether (sulfide) groups is 1. The van der Waals surface area contributed by atoms with E-state index in [-0.39, 0.29) is 22.7 Å². The van der Waals surface area contributed by atoms with E-state index in [2.05, 4.69) is 15.5 Å². The predicted octanol–water partition coefficient (Wildman–Crippen LogP) is 4.91. The van der Waals surface area contributed by atoms with Crippen molar-refractivity contribution in [2.24, 2.45) is 0 Å². The Hall–Kier alpha value is -4.12. The van der Waals surface area contributed by atoms with E-state index in [4.69, 9.17) is 0 Å². The Kier molecular flexibility index (Phi) is 6.93. The molecule has 1 aromatic heterocycles. The second-order valence-electron chi connectivity index (χ2n) is 7.12. The van der Waals surface area contributed by atoms with Crippen molar-refractivity contribution in [3.8, 4) is 11.4 Å². The number of hydrogen-bond acceptors (Lipinski definition) is 6. The number of amides is 1. The van der Waals surface area contributed by atoms with Crippen LogP contribution in [-0.4, -0.2) is 31.3 Å².